The predicted molar refractivity (Wildman–Crippen MR) is 130 cm³/mol. The van der Waals surface area contributed by atoms with Gasteiger partial charge in [0.2, 0.25) is 0 Å². The topological polar surface area (TPSA) is 59.1 Å². The molecule has 0 saturated carbocycles. The highest BCUT2D eigenvalue weighted by molar-refractivity contribution is 5.93. The molecule has 0 spiro atoms. The second kappa shape index (κ2) is 17.6. The Morgan fingerprint density at radius 3 is 1.12 bits per heavy atom. The highest BCUT2D eigenvalue weighted by Crippen LogP contribution is 2.10. The van der Waals surface area contributed by atoms with E-state index < -0.39 is 0 Å². The first kappa shape index (κ1) is 28.1. The molecule has 6 heteroatoms. The van der Waals surface area contributed by atoms with Gasteiger partial charge in [-0.2, -0.15) is 0 Å². The van der Waals surface area contributed by atoms with E-state index in [0.29, 0.717) is 24.6 Å². The number of hydrogen-bond donors (Lipinski definition) is 0. The molecule has 182 valence electrons. The molecule has 1 rings (SSSR count). The van der Waals surface area contributed by atoms with Gasteiger partial charge < -0.3 is 9.47 Å². The zero-order valence-electron chi connectivity index (χ0n) is 20.7. The number of benzene rings is 1. The van der Waals surface area contributed by atoms with Crippen molar-refractivity contribution in [3.05, 3.63) is 35.4 Å². The van der Waals surface area contributed by atoms with Gasteiger partial charge in [-0.3, -0.25) is 9.80 Å². The van der Waals surface area contributed by atoms with Gasteiger partial charge in [-0.1, -0.05) is 53.4 Å². The highest BCUT2D eigenvalue weighted by Gasteiger charge is 2.14. The van der Waals surface area contributed by atoms with Crippen molar-refractivity contribution in [2.45, 2.75) is 79.1 Å². The molecule has 0 heterocycles. The van der Waals surface area contributed by atoms with E-state index in [1.807, 2.05) is 0 Å². The summed E-state index contributed by atoms with van der Waals surface area (Å²) in [7, 11) is 0. The fraction of sp³-hybridized carbons (Fsp3) is 0.692. The van der Waals surface area contributed by atoms with Crippen LogP contribution in [0.15, 0.2) is 24.3 Å². The lowest BCUT2D eigenvalue weighted by atomic mass is 10.1. The molecule has 0 aromatic heterocycles. The maximum Gasteiger partial charge on any atom is 0.339 e. The Morgan fingerprint density at radius 2 is 0.875 bits per heavy atom. The van der Waals surface area contributed by atoms with Gasteiger partial charge in [0.1, 0.15) is 13.5 Å². The zero-order chi connectivity index (χ0) is 23.6. The lowest BCUT2D eigenvalue weighted by molar-refractivity contribution is 0.0197. The fourth-order valence-corrected chi connectivity index (χ4v) is 3.22. The van der Waals surface area contributed by atoms with Crippen LogP contribution in [0.4, 0.5) is 0 Å². The molecule has 0 amide bonds. The molecule has 1 aromatic rings. The summed E-state index contributed by atoms with van der Waals surface area (Å²) in [5.41, 5.74) is 0.889. The van der Waals surface area contributed by atoms with Gasteiger partial charge in [-0.25, -0.2) is 9.59 Å². The van der Waals surface area contributed by atoms with Gasteiger partial charge in [0, 0.05) is 26.2 Å². The number of nitrogens with zero attached hydrogens (tertiary/aromatic N) is 2. The quantitative estimate of drug-likeness (QED) is 0.211. The molecule has 32 heavy (non-hydrogen) atoms. The minimum absolute atomic E-state index is 0.300. The predicted octanol–water partition coefficient (Wildman–Crippen LogP) is 5.72. The molecule has 0 aliphatic heterocycles. The van der Waals surface area contributed by atoms with E-state index in [-0.39, 0.29) is 11.9 Å². The van der Waals surface area contributed by atoms with E-state index in [0.717, 1.165) is 77.5 Å². The van der Waals surface area contributed by atoms with Gasteiger partial charge in [0.15, 0.2) is 0 Å². The third kappa shape index (κ3) is 11.6. The highest BCUT2D eigenvalue weighted by atomic mass is 16.5. The normalized spacial score (nSPS) is 11.2. The summed E-state index contributed by atoms with van der Waals surface area (Å²) in [5.74, 6) is -0.735. The van der Waals surface area contributed by atoms with Crippen LogP contribution in [0, 0.1) is 0 Å². The van der Waals surface area contributed by atoms with Crippen LogP contribution in [0.1, 0.15) is 99.8 Å². The zero-order valence-corrected chi connectivity index (χ0v) is 20.7. The standard InChI is InChI=1S/C26H44N2O4/c1-5-9-17-27(18-10-6-2)21-31-25(29)23-13-15-24(16-14-23)26(30)32-22-28(19-11-7-3)20-12-8-4/h13-16H,5-12,17-22H2,1-4H3. The molecule has 0 unspecified atom stereocenters. The third-order valence-electron chi connectivity index (χ3n) is 5.42. The Morgan fingerprint density at radius 1 is 0.594 bits per heavy atom. The van der Waals surface area contributed by atoms with Crippen LogP contribution in [0.25, 0.3) is 0 Å². The van der Waals surface area contributed by atoms with Crippen LogP contribution in [0.5, 0.6) is 0 Å². The maximum atomic E-state index is 12.4. The fourth-order valence-electron chi connectivity index (χ4n) is 3.22. The van der Waals surface area contributed by atoms with Crippen molar-refractivity contribution in [1.29, 1.82) is 0 Å². The molecule has 0 N–H and O–H groups in total. The Bertz CT molecular complexity index is 562. The maximum absolute atomic E-state index is 12.4. The average molecular weight is 449 g/mol. The van der Waals surface area contributed by atoms with Gasteiger partial charge >= 0.3 is 11.9 Å². The second-order valence-electron chi connectivity index (χ2n) is 8.35. The molecule has 0 radical (unpaired) electrons. The Hall–Kier alpha value is -1.92. The number of carbonyl (C=O) groups excluding carboxylic acids is 2. The van der Waals surface area contributed by atoms with Gasteiger partial charge in [0.25, 0.3) is 0 Å². The van der Waals surface area contributed by atoms with E-state index in [1.54, 1.807) is 24.3 Å². The minimum atomic E-state index is -0.367. The first-order valence-corrected chi connectivity index (χ1v) is 12.4. The van der Waals surface area contributed by atoms with Gasteiger partial charge in [-0.15, -0.1) is 0 Å². The number of esters is 2. The Balaban J connectivity index is 2.55. The summed E-state index contributed by atoms with van der Waals surface area (Å²) in [6.07, 6.45) is 8.82. The van der Waals surface area contributed by atoms with Crippen LogP contribution < -0.4 is 0 Å². The van der Waals surface area contributed by atoms with E-state index >= 15 is 0 Å². The largest absolute Gasteiger partial charge is 0.446 e. The van der Waals surface area contributed by atoms with Crippen LogP contribution in [0.2, 0.25) is 0 Å². The van der Waals surface area contributed by atoms with Gasteiger partial charge in [-0.05, 0) is 49.9 Å². The van der Waals surface area contributed by atoms with Crippen molar-refractivity contribution < 1.29 is 19.1 Å². The first-order chi connectivity index (χ1) is 15.5. The molecule has 0 aliphatic carbocycles. The number of ether oxygens (including phenoxy) is 2. The van der Waals surface area contributed by atoms with Crippen LogP contribution in [-0.2, 0) is 9.47 Å². The number of rotatable bonds is 18. The van der Waals surface area contributed by atoms with Crippen molar-refractivity contribution in [1.82, 2.24) is 9.80 Å². The third-order valence-corrected chi connectivity index (χ3v) is 5.42. The molecule has 0 saturated heterocycles. The SMILES string of the molecule is CCCCN(CCCC)COC(=O)c1ccc(C(=O)OCN(CCCC)CCCC)cc1. The van der Waals surface area contributed by atoms with Crippen LogP contribution >= 0.6 is 0 Å². The smallest absolute Gasteiger partial charge is 0.339 e. The minimum Gasteiger partial charge on any atom is -0.446 e. The monoisotopic (exact) mass is 448 g/mol. The molecule has 6 nitrogen and oxygen atoms in total. The van der Waals surface area contributed by atoms with Crippen LogP contribution in [0.3, 0.4) is 0 Å². The molecule has 0 bridgehead atoms. The van der Waals surface area contributed by atoms with Crippen molar-refractivity contribution in [2.75, 3.05) is 39.6 Å². The lowest BCUT2D eigenvalue weighted by Gasteiger charge is -2.21. The molecular weight excluding hydrogens is 404 g/mol. The van der Waals surface area contributed by atoms with Crippen molar-refractivity contribution in [3.63, 3.8) is 0 Å². The molecule has 0 aliphatic rings. The second-order valence-corrected chi connectivity index (χ2v) is 8.35. The van der Waals surface area contributed by atoms with Crippen molar-refractivity contribution in [2.24, 2.45) is 0 Å². The summed E-state index contributed by atoms with van der Waals surface area (Å²) in [5, 5.41) is 0. The number of unbranched alkanes of at least 4 members (excludes halogenated alkanes) is 4. The molecule has 1 aromatic carbocycles. The number of carbonyl (C=O) groups is 2. The Labute approximate surface area is 195 Å². The lowest BCUT2D eigenvalue weighted by Crippen LogP contribution is -2.30. The van der Waals surface area contributed by atoms with Gasteiger partial charge in [0.05, 0.1) is 11.1 Å². The van der Waals surface area contributed by atoms with Crippen molar-refractivity contribution in [3.8, 4) is 0 Å². The molecule has 0 atom stereocenters. The summed E-state index contributed by atoms with van der Waals surface area (Å²) in [6, 6.07) is 6.53. The van der Waals surface area contributed by atoms with E-state index in [9.17, 15) is 9.59 Å². The summed E-state index contributed by atoms with van der Waals surface area (Å²) < 4.78 is 11.0. The molecular formula is C26H44N2O4. The average Bonchev–Trinajstić information content (AvgIpc) is 2.82. The van der Waals surface area contributed by atoms with E-state index in [1.165, 1.54) is 0 Å². The Kier molecular flexibility index (Phi) is 15.5. The first-order valence-electron chi connectivity index (χ1n) is 12.4. The summed E-state index contributed by atoms with van der Waals surface area (Å²) >= 11 is 0. The van der Waals surface area contributed by atoms with E-state index in [4.69, 9.17) is 9.47 Å². The van der Waals surface area contributed by atoms with E-state index in [2.05, 4.69) is 37.5 Å². The summed E-state index contributed by atoms with van der Waals surface area (Å²) in [6.45, 7) is 13.0. The van der Waals surface area contributed by atoms with Crippen LogP contribution in [-0.4, -0.2) is 61.4 Å². The summed E-state index contributed by atoms with van der Waals surface area (Å²) in [4.78, 5) is 29.2. The number of hydrogen-bond acceptors (Lipinski definition) is 6. The molecule has 0 fully saturated rings. The van der Waals surface area contributed by atoms with Crippen molar-refractivity contribution >= 4 is 11.9 Å².